The van der Waals surface area contributed by atoms with E-state index in [2.05, 4.69) is 10.3 Å². The molecule has 0 saturated heterocycles. The van der Waals surface area contributed by atoms with Gasteiger partial charge in [-0.3, -0.25) is 4.79 Å². The number of carbonyl (C=O) groups excluding carboxylic acids is 1. The zero-order valence-corrected chi connectivity index (χ0v) is 9.14. The third kappa shape index (κ3) is 3.42. The first-order valence-corrected chi connectivity index (χ1v) is 4.89. The summed E-state index contributed by atoms with van der Waals surface area (Å²) in [6.45, 7) is 1.88. The molecule has 0 fully saturated rings. The maximum Gasteiger partial charge on any atom is 0.433 e. The molecule has 4 nitrogen and oxygen atoms in total. The van der Waals surface area contributed by atoms with Gasteiger partial charge in [0.2, 0.25) is 0 Å². The van der Waals surface area contributed by atoms with Crippen LogP contribution in [0, 0.1) is 6.92 Å². The first-order valence-electron chi connectivity index (χ1n) is 4.89. The Morgan fingerprint density at radius 2 is 2.12 bits per heavy atom. The summed E-state index contributed by atoms with van der Waals surface area (Å²) >= 11 is 0. The maximum absolute atomic E-state index is 12.3. The van der Waals surface area contributed by atoms with Gasteiger partial charge in [-0.05, 0) is 19.1 Å². The fourth-order valence-corrected chi connectivity index (χ4v) is 1.24. The van der Waals surface area contributed by atoms with Crippen molar-refractivity contribution in [3.05, 3.63) is 29.1 Å². The molecule has 1 aromatic heterocycles. The molecule has 17 heavy (non-hydrogen) atoms. The van der Waals surface area contributed by atoms with Crippen LogP contribution in [0.3, 0.4) is 0 Å². The number of aryl methyl sites for hydroxylation is 1. The standard InChI is InChI=1S/C10H12F3N3O/c1-6-7(9(17)15-5-4-14)2-3-8(16-6)10(11,12)13/h2-3H,4-5,14H2,1H3,(H,15,17). The molecule has 0 bridgehead atoms. The predicted molar refractivity (Wildman–Crippen MR) is 55.4 cm³/mol. The summed E-state index contributed by atoms with van der Waals surface area (Å²) in [6, 6.07) is 1.89. The second kappa shape index (κ2) is 5.13. The van der Waals surface area contributed by atoms with E-state index in [1.807, 2.05) is 0 Å². The number of aromatic nitrogens is 1. The van der Waals surface area contributed by atoms with E-state index >= 15 is 0 Å². The lowest BCUT2D eigenvalue weighted by molar-refractivity contribution is -0.141. The Balaban J connectivity index is 2.94. The monoisotopic (exact) mass is 247 g/mol. The van der Waals surface area contributed by atoms with Crippen LogP contribution in [0.2, 0.25) is 0 Å². The molecular weight excluding hydrogens is 235 g/mol. The zero-order chi connectivity index (χ0) is 13.1. The largest absolute Gasteiger partial charge is 0.433 e. The number of pyridine rings is 1. The van der Waals surface area contributed by atoms with Gasteiger partial charge in [0.15, 0.2) is 0 Å². The van der Waals surface area contributed by atoms with Gasteiger partial charge in [0, 0.05) is 13.1 Å². The fraction of sp³-hybridized carbons (Fsp3) is 0.400. The minimum Gasteiger partial charge on any atom is -0.351 e. The average Bonchev–Trinajstić information content (AvgIpc) is 2.24. The Bertz CT molecular complexity index is 418. The Hall–Kier alpha value is -1.63. The van der Waals surface area contributed by atoms with Gasteiger partial charge >= 0.3 is 6.18 Å². The van der Waals surface area contributed by atoms with Crippen LogP contribution in [-0.2, 0) is 6.18 Å². The fourth-order valence-electron chi connectivity index (χ4n) is 1.24. The van der Waals surface area contributed by atoms with Gasteiger partial charge in [-0.2, -0.15) is 13.2 Å². The minimum absolute atomic E-state index is 0.0364. The summed E-state index contributed by atoms with van der Waals surface area (Å²) in [5.74, 6) is -0.478. The first-order chi connectivity index (χ1) is 7.86. The lowest BCUT2D eigenvalue weighted by atomic mass is 10.1. The van der Waals surface area contributed by atoms with Crippen LogP contribution in [0.5, 0.6) is 0 Å². The quantitative estimate of drug-likeness (QED) is 0.840. The van der Waals surface area contributed by atoms with E-state index in [-0.39, 0.29) is 24.3 Å². The van der Waals surface area contributed by atoms with Crippen LogP contribution in [0.4, 0.5) is 13.2 Å². The summed E-state index contributed by atoms with van der Waals surface area (Å²) in [5, 5.41) is 2.46. The predicted octanol–water partition coefficient (Wildman–Crippen LogP) is 1.10. The Labute approximate surface area is 96.0 Å². The third-order valence-electron chi connectivity index (χ3n) is 2.05. The highest BCUT2D eigenvalue weighted by molar-refractivity contribution is 5.95. The molecule has 0 aliphatic carbocycles. The molecule has 1 heterocycles. The van der Waals surface area contributed by atoms with E-state index in [1.165, 1.54) is 6.92 Å². The number of nitrogens with two attached hydrogens (primary N) is 1. The molecule has 1 amide bonds. The van der Waals surface area contributed by atoms with Crippen LogP contribution in [0.25, 0.3) is 0 Å². The molecule has 3 N–H and O–H groups in total. The number of hydrogen-bond donors (Lipinski definition) is 2. The summed E-state index contributed by atoms with van der Waals surface area (Å²) in [4.78, 5) is 14.9. The molecule has 0 spiro atoms. The van der Waals surface area contributed by atoms with Crippen LogP contribution >= 0.6 is 0 Å². The number of nitrogens with zero attached hydrogens (tertiary/aromatic N) is 1. The molecular formula is C10H12F3N3O. The summed E-state index contributed by atoms with van der Waals surface area (Å²) < 4.78 is 37.0. The molecule has 0 aromatic carbocycles. The smallest absolute Gasteiger partial charge is 0.351 e. The Morgan fingerprint density at radius 3 is 2.59 bits per heavy atom. The van der Waals surface area contributed by atoms with Crippen molar-refractivity contribution in [2.24, 2.45) is 5.73 Å². The van der Waals surface area contributed by atoms with E-state index in [9.17, 15) is 18.0 Å². The topological polar surface area (TPSA) is 68.0 Å². The van der Waals surface area contributed by atoms with E-state index in [0.29, 0.717) is 0 Å². The van der Waals surface area contributed by atoms with E-state index in [1.54, 1.807) is 0 Å². The highest BCUT2D eigenvalue weighted by atomic mass is 19.4. The number of rotatable bonds is 3. The second-order valence-corrected chi connectivity index (χ2v) is 3.37. The zero-order valence-electron chi connectivity index (χ0n) is 9.14. The minimum atomic E-state index is -4.50. The van der Waals surface area contributed by atoms with E-state index in [0.717, 1.165) is 12.1 Å². The van der Waals surface area contributed by atoms with Gasteiger partial charge in [-0.25, -0.2) is 4.98 Å². The summed E-state index contributed by atoms with van der Waals surface area (Å²) in [5.41, 5.74) is 4.34. The van der Waals surface area contributed by atoms with Gasteiger partial charge in [-0.15, -0.1) is 0 Å². The number of alkyl halides is 3. The summed E-state index contributed by atoms with van der Waals surface area (Å²) in [6.07, 6.45) is -4.50. The van der Waals surface area contributed by atoms with Crippen molar-refractivity contribution in [3.8, 4) is 0 Å². The van der Waals surface area contributed by atoms with Crippen molar-refractivity contribution in [2.45, 2.75) is 13.1 Å². The lowest BCUT2D eigenvalue weighted by Gasteiger charge is -2.10. The first kappa shape index (κ1) is 13.4. The third-order valence-corrected chi connectivity index (χ3v) is 2.05. The van der Waals surface area contributed by atoms with Crippen molar-refractivity contribution in [1.29, 1.82) is 0 Å². The van der Waals surface area contributed by atoms with E-state index < -0.39 is 17.8 Å². The van der Waals surface area contributed by atoms with Crippen molar-refractivity contribution in [1.82, 2.24) is 10.3 Å². The second-order valence-electron chi connectivity index (χ2n) is 3.37. The highest BCUT2D eigenvalue weighted by Gasteiger charge is 2.32. The normalized spacial score (nSPS) is 11.4. The van der Waals surface area contributed by atoms with E-state index in [4.69, 9.17) is 5.73 Å². The van der Waals surface area contributed by atoms with Crippen molar-refractivity contribution in [3.63, 3.8) is 0 Å². The highest BCUT2D eigenvalue weighted by Crippen LogP contribution is 2.28. The number of halogens is 3. The maximum atomic E-state index is 12.3. The van der Waals surface area contributed by atoms with Crippen molar-refractivity contribution >= 4 is 5.91 Å². The molecule has 0 aliphatic rings. The molecule has 1 aromatic rings. The van der Waals surface area contributed by atoms with Crippen LogP contribution in [0.1, 0.15) is 21.7 Å². The van der Waals surface area contributed by atoms with Crippen LogP contribution in [0.15, 0.2) is 12.1 Å². The lowest BCUT2D eigenvalue weighted by Crippen LogP contribution is -2.29. The van der Waals surface area contributed by atoms with Gasteiger partial charge in [0.25, 0.3) is 5.91 Å². The number of hydrogen-bond acceptors (Lipinski definition) is 3. The number of nitrogens with one attached hydrogen (secondary N) is 1. The number of amides is 1. The van der Waals surface area contributed by atoms with Gasteiger partial charge in [0.1, 0.15) is 5.69 Å². The molecule has 7 heteroatoms. The molecule has 0 saturated carbocycles. The van der Waals surface area contributed by atoms with Crippen molar-refractivity contribution in [2.75, 3.05) is 13.1 Å². The average molecular weight is 247 g/mol. The summed E-state index contributed by atoms with van der Waals surface area (Å²) in [7, 11) is 0. The molecule has 94 valence electrons. The Kier molecular flexibility index (Phi) is 4.06. The van der Waals surface area contributed by atoms with Gasteiger partial charge in [-0.1, -0.05) is 0 Å². The molecule has 0 unspecified atom stereocenters. The molecule has 1 rings (SSSR count). The molecule has 0 aliphatic heterocycles. The van der Waals surface area contributed by atoms with Crippen LogP contribution < -0.4 is 11.1 Å². The number of carbonyl (C=O) groups is 1. The molecule has 0 atom stereocenters. The van der Waals surface area contributed by atoms with Gasteiger partial charge < -0.3 is 11.1 Å². The van der Waals surface area contributed by atoms with Crippen molar-refractivity contribution < 1.29 is 18.0 Å². The van der Waals surface area contributed by atoms with Gasteiger partial charge in [0.05, 0.1) is 11.3 Å². The molecule has 0 radical (unpaired) electrons. The SMILES string of the molecule is Cc1nc(C(F)(F)F)ccc1C(=O)NCCN. The van der Waals surface area contributed by atoms with Crippen LogP contribution in [-0.4, -0.2) is 24.0 Å². The Morgan fingerprint density at radius 1 is 1.47 bits per heavy atom.